The molecule has 5 rings (SSSR count). The fourth-order valence-corrected chi connectivity index (χ4v) is 3.98. The number of alkyl halides is 3. The van der Waals surface area contributed by atoms with Crippen LogP contribution >= 0.6 is 0 Å². The van der Waals surface area contributed by atoms with Crippen molar-refractivity contribution in [2.45, 2.75) is 43.9 Å². The lowest BCUT2D eigenvalue weighted by Gasteiger charge is -2.28. The number of rotatable bonds is 5. The van der Waals surface area contributed by atoms with Crippen LogP contribution in [0.2, 0.25) is 0 Å². The molecule has 1 saturated carbocycles. The van der Waals surface area contributed by atoms with Crippen molar-refractivity contribution in [2.24, 2.45) is 5.92 Å². The number of β-amino-alcohol motifs (C(OH)–C–C–N with tert-alkyl or cyclic N) is 1. The van der Waals surface area contributed by atoms with E-state index in [-0.39, 0.29) is 12.0 Å². The van der Waals surface area contributed by atoms with E-state index in [0.717, 1.165) is 30.0 Å². The van der Waals surface area contributed by atoms with Gasteiger partial charge in [0.25, 0.3) is 0 Å². The summed E-state index contributed by atoms with van der Waals surface area (Å²) in [6.45, 7) is 2.24. The lowest BCUT2D eigenvalue weighted by atomic mass is 9.81. The molecule has 35 heavy (non-hydrogen) atoms. The minimum absolute atomic E-state index is 0.208. The third-order valence-electron chi connectivity index (χ3n) is 6.21. The number of halogens is 3. The van der Waals surface area contributed by atoms with Gasteiger partial charge in [0.1, 0.15) is 0 Å². The molecule has 188 valence electrons. The van der Waals surface area contributed by atoms with E-state index < -0.39 is 12.1 Å². The summed E-state index contributed by atoms with van der Waals surface area (Å²) in [7, 11) is 0. The number of hydrogen-bond donors (Lipinski definition) is 4. The summed E-state index contributed by atoms with van der Waals surface area (Å²) in [6.07, 6.45) is 4.90. The fourth-order valence-electron chi connectivity index (χ4n) is 3.98. The number of hydrogen-bond acceptors (Lipinski definition) is 8. The molecule has 0 aromatic carbocycles. The molecule has 1 aliphatic carbocycles. The molecule has 0 bridgehead atoms. The maximum atomic E-state index is 10.6. The number of piperidine rings is 1. The van der Waals surface area contributed by atoms with Crippen LogP contribution in [0.15, 0.2) is 30.7 Å². The Hall–Kier alpha value is -3.32. The summed E-state index contributed by atoms with van der Waals surface area (Å²) in [5, 5.41) is 28.1. The van der Waals surface area contributed by atoms with Crippen molar-refractivity contribution in [1.82, 2.24) is 29.9 Å². The van der Waals surface area contributed by atoms with E-state index in [4.69, 9.17) is 14.9 Å². The van der Waals surface area contributed by atoms with Crippen LogP contribution in [0.1, 0.15) is 37.2 Å². The van der Waals surface area contributed by atoms with Gasteiger partial charge in [0, 0.05) is 37.0 Å². The molecule has 13 heteroatoms. The Labute approximate surface area is 198 Å². The lowest BCUT2D eigenvalue weighted by molar-refractivity contribution is -0.192. The van der Waals surface area contributed by atoms with Crippen molar-refractivity contribution in [3.05, 3.63) is 36.3 Å². The van der Waals surface area contributed by atoms with Gasteiger partial charge >= 0.3 is 12.1 Å². The molecule has 1 aliphatic heterocycles. The molecule has 4 N–H and O–H groups in total. The van der Waals surface area contributed by atoms with Gasteiger partial charge in [-0.3, -0.25) is 0 Å². The second-order valence-corrected chi connectivity index (χ2v) is 8.58. The first-order valence-electron chi connectivity index (χ1n) is 11.3. The third-order valence-corrected chi connectivity index (χ3v) is 6.21. The number of nitrogens with one attached hydrogen (secondary N) is 2. The highest BCUT2D eigenvalue weighted by Gasteiger charge is 2.38. The Morgan fingerprint density at radius 3 is 2.60 bits per heavy atom. The minimum Gasteiger partial charge on any atom is -0.475 e. The van der Waals surface area contributed by atoms with E-state index in [9.17, 15) is 18.3 Å². The van der Waals surface area contributed by atoms with E-state index in [0.29, 0.717) is 25.0 Å². The van der Waals surface area contributed by atoms with Gasteiger partial charge in [0.2, 0.25) is 5.95 Å². The van der Waals surface area contributed by atoms with Crippen molar-refractivity contribution in [3.63, 3.8) is 0 Å². The second kappa shape index (κ2) is 10.5. The highest BCUT2D eigenvalue weighted by Crippen LogP contribution is 2.38. The molecule has 2 atom stereocenters. The molecule has 0 radical (unpaired) electrons. The number of aliphatic carboxylic acids is 1. The Kier molecular flexibility index (Phi) is 7.45. The number of aromatic nitrogens is 5. The first-order valence-corrected chi connectivity index (χ1v) is 11.3. The molecule has 4 heterocycles. The Balaban J connectivity index is 0.000000364. The number of nitrogens with zero attached hydrogens (tertiary/aromatic N) is 5. The molecule has 10 nitrogen and oxygen atoms in total. The normalized spacial score (nSPS) is 20.6. The lowest BCUT2D eigenvalue weighted by Crippen LogP contribution is -2.43. The summed E-state index contributed by atoms with van der Waals surface area (Å²) in [6, 6.07) is 3.82. The number of carboxylic acid groups (broad SMARTS) is 1. The molecular formula is C22H26F3N7O3. The molecule has 3 aromatic rings. The van der Waals surface area contributed by atoms with Gasteiger partial charge < -0.3 is 20.8 Å². The summed E-state index contributed by atoms with van der Waals surface area (Å²) < 4.78 is 33.6. The molecule has 2 fully saturated rings. The van der Waals surface area contributed by atoms with Crippen LogP contribution in [0.4, 0.5) is 19.1 Å². The smallest absolute Gasteiger partial charge is 0.475 e. The molecule has 0 unspecified atom stereocenters. The molecule has 0 spiro atoms. The number of aliphatic hydroxyl groups is 1. The Morgan fingerprint density at radius 2 is 1.94 bits per heavy atom. The van der Waals surface area contributed by atoms with Crippen LogP contribution in [-0.2, 0) is 4.79 Å². The fraction of sp³-hybridized carbons (Fsp3) is 0.500. The van der Waals surface area contributed by atoms with E-state index >= 15 is 0 Å². The van der Waals surface area contributed by atoms with Crippen LogP contribution in [0, 0.1) is 5.92 Å². The van der Waals surface area contributed by atoms with Crippen molar-refractivity contribution in [2.75, 3.05) is 25.0 Å². The van der Waals surface area contributed by atoms with Crippen molar-refractivity contribution in [3.8, 4) is 11.4 Å². The zero-order chi connectivity index (χ0) is 25.0. The molecule has 1 saturated heterocycles. The van der Waals surface area contributed by atoms with Gasteiger partial charge in [0.05, 0.1) is 23.7 Å². The number of carbonyl (C=O) groups is 1. The SMILES string of the molecule is O=C(O)C(F)(F)F.O[C@@H]1CNCC[C@H]1CNc1nccc(-c2ccn3ncc(C4CCC4)c3n2)n1. The highest BCUT2D eigenvalue weighted by atomic mass is 19.4. The number of anilines is 1. The van der Waals surface area contributed by atoms with Gasteiger partial charge in [0.15, 0.2) is 5.65 Å². The largest absolute Gasteiger partial charge is 0.490 e. The average Bonchev–Trinajstić information content (AvgIpc) is 3.20. The van der Waals surface area contributed by atoms with E-state index in [1.54, 1.807) is 6.20 Å². The van der Waals surface area contributed by atoms with E-state index in [1.807, 2.05) is 29.0 Å². The monoisotopic (exact) mass is 493 g/mol. The topological polar surface area (TPSA) is 138 Å². The van der Waals surface area contributed by atoms with Crippen LogP contribution < -0.4 is 10.6 Å². The van der Waals surface area contributed by atoms with E-state index in [1.165, 1.54) is 24.8 Å². The maximum absolute atomic E-state index is 10.6. The predicted octanol–water partition coefficient (Wildman–Crippen LogP) is 2.47. The van der Waals surface area contributed by atoms with E-state index in [2.05, 4.69) is 25.7 Å². The molecular weight excluding hydrogens is 467 g/mol. The van der Waals surface area contributed by atoms with Crippen LogP contribution in [0.25, 0.3) is 17.0 Å². The number of aliphatic hydroxyl groups excluding tert-OH is 1. The Morgan fingerprint density at radius 1 is 1.20 bits per heavy atom. The van der Waals surface area contributed by atoms with Gasteiger partial charge in [-0.2, -0.15) is 18.3 Å². The molecule has 3 aromatic heterocycles. The van der Waals surface area contributed by atoms with Gasteiger partial charge in [-0.15, -0.1) is 0 Å². The zero-order valence-electron chi connectivity index (χ0n) is 18.7. The Bertz CT molecular complexity index is 1170. The van der Waals surface area contributed by atoms with Crippen LogP contribution in [-0.4, -0.2) is 72.7 Å². The summed E-state index contributed by atoms with van der Waals surface area (Å²) >= 11 is 0. The summed E-state index contributed by atoms with van der Waals surface area (Å²) in [5.41, 5.74) is 3.76. The second-order valence-electron chi connectivity index (χ2n) is 8.58. The van der Waals surface area contributed by atoms with Crippen LogP contribution in [0.5, 0.6) is 0 Å². The third kappa shape index (κ3) is 6.03. The predicted molar refractivity (Wildman–Crippen MR) is 120 cm³/mol. The van der Waals surface area contributed by atoms with Gasteiger partial charge in [-0.05, 0) is 43.9 Å². The summed E-state index contributed by atoms with van der Waals surface area (Å²) in [5.74, 6) is -1.40. The number of carboxylic acids is 1. The summed E-state index contributed by atoms with van der Waals surface area (Å²) in [4.78, 5) is 22.7. The first kappa shape index (κ1) is 24.8. The van der Waals surface area contributed by atoms with Gasteiger partial charge in [-0.25, -0.2) is 24.3 Å². The molecule has 2 aliphatic rings. The molecule has 0 amide bonds. The standard InChI is InChI=1S/C20H25N7O.C2HF3O2/c28-18-12-21-7-4-14(18)10-23-20-22-8-5-16(26-20)17-6-9-27-19(25-17)15(11-24-27)13-2-1-3-13;3-2(4,5)1(6)7/h5-6,8-9,11,13-14,18,21,28H,1-4,7,10,12H2,(H,22,23,26);(H,6,7)/t14-,18+;/m0./s1. The maximum Gasteiger partial charge on any atom is 0.490 e. The number of fused-ring (bicyclic) bond motifs is 1. The van der Waals surface area contributed by atoms with Crippen molar-refractivity contribution < 1.29 is 28.2 Å². The van der Waals surface area contributed by atoms with Crippen molar-refractivity contribution in [1.29, 1.82) is 0 Å². The van der Waals surface area contributed by atoms with Crippen molar-refractivity contribution >= 4 is 17.6 Å². The van der Waals surface area contributed by atoms with Crippen LogP contribution in [0.3, 0.4) is 0 Å². The average molecular weight is 493 g/mol. The quantitative estimate of drug-likeness (QED) is 0.422. The minimum atomic E-state index is -5.08. The van der Waals surface area contributed by atoms with Gasteiger partial charge in [-0.1, -0.05) is 6.42 Å². The zero-order valence-corrected chi connectivity index (χ0v) is 18.7. The first-order chi connectivity index (χ1) is 16.7. The highest BCUT2D eigenvalue weighted by molar-refractivity contribution is 5.73.